The van der Waals surface area contributed by atoms with Crippen molar-refractivity contribution in [2.45, 2.75) is 46.1 Å². The molecule has 6 nitrogen and oxygen atoms in total. The Morgan fingerprint density at radius 2 is 2.05 bits per heavy atom. The lowest BCUT2D eigenvalue weighted by Crippen LogP contribution is -2.39. The number of nitrogens with zero attached hydrogens (tertiary/aromatic N) is 2. The van der Waals surface area contributed by atoms with Gasteiger partial charge in [0.2, 0.25) is 5.91 Å². The van der Waals surface area contributed by atoms with Crippen molar-refractivity contribution in [1.82, 2.24) is 10.2 Å². The van der Waals surface area contributed by atoms with Crippen LogP contribution < -0.4 is 11.1 Å². The summed E-state index contributed by atoms with van der Waals surface area (Å²) in [7, 11) is 2.09. The van der Waals surface area contributed by atoms with Gasteiger partial charge in [0, 0.05) is 12.6 Å². The molecule has 0 aliphatic rings. The van der Waals surface area contributed by atoms with Crippen molar-refractivity contribution in [3.05, 3.63) is 0 Å². The number of carbonyl (C=O) groups excluding carboxylic acids is 1. The van der Waals surface area contributed by atoms with E-state index in [1.54, 1.807) is 0 Å². The van der Waals surface area contributed by atoms with Crippen molar-refractivity contribution in [2.24, 2.45) is 16.8 Å². The maximum Gasteiger partial charge on any atom is 0.230 e. The molecule has 6 heteroatoms. The third-order valence-electron chi connectivity index (χ3n) is 3.32. The van der Waals surface area contributed by atoms with Crippen LogP contribution in [0.2, 0.25) is 0 Å². The van der Waals surface area contributed by atoms with Crippen LogP contribution in [0.25, 0.3) is 0 Å². The number of amides is 1. The van der Waals surface area contributed by atoms with Gasteiger partial charge in [0.25, 0.3) is 0 Å². The van der Waals surface area contributed by atoms with Gasteiger partial charge in [0.15, 0.2) is 5.84 Å². The highest BCUT2D eigenvalue weighted by Crippen LogP contribution is 2.03. The van der Waals surface area contributed by atoms with Crippen LogP contribution in [0.15, 0.2) is 5.16 Å². The monoisotopic (exact) mass is 272 g/mol. The van der Waals surface area contributed by atoms with Gasteiger partial charge in [0.05, 0.1) is 5.92 Å². The maximum absolute atomic E-state index is 11.8. The van der Waals surface area contributed by atoms with E-state index < -0.39 is 5.92 Å². The van der Waals surface area contributed by atoms with E-state index in [1.807, 2.05) is 6.92 Å². The Labute approximate surface area is 116 Å². The van der Waals surface area contributed by atoms with E-state index >= 15 is 0 Å². The van der Waals surface area contributed by atoms with Crippen LogP contribution >= 0.6 is 0 Å². The summed E-state index contributed by atoms with van der Waals surface area (Å²) >= 11 is 0. The van der Waals surface area contributed by atoms with E-state index in [-0.39, 0.29) is 11.7 Å². The number of amidine groups is 1. The number of unbranched alkanes of at least 4 members (excludes halogenated alkanes) is 1. The van der Waals surface area contributed by atoms with Gasteiger partial charge in [-0.15, -0.1) is 0 Å². The summed E-state index contributed by atoms with van der Waals surface area (Å²) in [5.74, 6) is -0.738. The van der Waals surface area contributed by atoms with Crippen molar-refractivity contribution in [3.63, 3.8) is 0 Å². The zero-order valence-electron chi connectivity index (χ0n) is 12.5. The molecule has 0 aliphatic carbocycles. The highest BCUT2D eigenvalue weighted by atomic mass is 16.4. The van der Waals surface area contributed by atoms with Gasteiger partial charge in [-0.3, -0.25) is 4.79 Å². The molecule has 0 fully saturated rings. The van der Waals surface area contributed by atoms with Gasteiger partial charge in [0.1, 0.15) is 0 Å². The predicted octanol–water partition coefficient (Wildman–Crippen LogP) is 0.996. The zero-order valence-corrected chi connectivity index (χ0v) is 12.5. The molecule has 0 saturated carbocycles. The predicted molar refractivity (Wildman–Crippen MR) is 77.2 cm³/mol. The average Bonchev–Trinajstić information content (AvgIpc) is 2.38. The van der Waals surface area contributed by atoms with Crippen LogP contribution in [0.4, 0.5) is 0 Å². The zero-order chi connectivity index (χ0) is 14.8. The molecular formula is C13H28N4O2. The molecule has 0 aromatic heterocycles. The molecule has 19 heavy (non-hydrogen) atoms. The molecular weight excluding hydrogens is 244 g/mol. The Balaban J connectivity index is 3.86. The van der Waals surface area contributed by atoms with Gasteiger partial charge in [-0.25, -0.2) is 0 Å². The van der Waals surface area contributed by atoms with E-state index in [2.05, 4.69) is 36.3 Å². The Bertz CT molecular complexity index is 292. The fraction of sp³-hybridized carbons (Fsp3) is 0.846. The minimum Gasteiger partial charge on any atom is -0.409 e. The lowest BCUT2D eigenvalue weighted by Gasteiger charge is -2.20. The SMILES string of the molecule is CCC(C(=O)NCCCCN(C)C(C)C)C(N)=NO. The van der Waals surface area contributed by atoms with Gasteiger partial charge < -0.3 is 21.2 Å². The first-order valence-corrected chi connectivity index (χ1v) is 6.89. The Morgan fingerprint density at radius 1 is 1.42 bits per heavy atom. The second-order valence-electron chi connectivity index (χ2n) is 5.06. The molecule has 1 amide bonds. The number of nitrogens with two attached hydrogens (primary N) is 1. The third-order valence-corrected chi connectivity index (χ3v) is 3.32. The standard InChI is InChI=1S/C13H28N4O2/c1-5-11(12(14)16-19)13(18)15-8-6-7-9-17(4)10(2)3/h10-11,19H,5-9H2,1-4H3,(H2,14,16)(H,15,18). The van der Waals surface area contributed by atoms with Crippen LogP contribution in [0, 0.1) is 5.92 Å². The minimum absolute atomic E-state index is 0.0282. The van der Waals surface area contributed by atoms with E-state index in [0.29, 0.717) is 19.0 Å². The Kier molecular flexibility index (Phi) is 8.95. The Morgan fingerprint density at radius 3 is 2.53 bits per heavy atom. The minimum atomic E-state index is -0.539. The molecule has 0 heterocycles. The molecule has 1 unspecified atom stereocenters. The number of hydrogen-bond donors (Lipinski definition) is 3. The average molecular weight is 272 g/mol. The maximum atomic E-state index is 11.8. The van der Waals surface area contributed by atoms with Crippen molar-refractivity contribution in [1.29, 1.82) is 0 Å². The summed E-state index contributed by atoms with van der Waals surface area (Å²) in [4.78, 5) is 14.1. The summed E-state index contributed by atoms with van der Waals surface area (Å²) in [6, 6.07) is 0.541. The van der Waals surface area contributed by atoms with Crippen LogP contribution in [-0.2, 0) is 4.79 Å². The van der Waals surface area contributed by atoms with Gasteiger partial charge in [-0.05, 0) is 46.7 Å². The summed E-state index contributed by atoms with van der Waals surface area (Å²) in [5.41, 5.74) is 5.46. The van der Waals surface area contributed by atoms with E-state index in [4.69, 9.17) is 10.9 Å². The second-order valence-corrected chi connectivity index (χ2v) is 5.06. The highest BCUT2D eigenvalue weighted by Gasteiger charge is 2.20. The van der Waals surface area contributed by atoms with Gasteiger partial charge >= 0.3 is 0 Å². The third kappa shape index (κ3) is 7.00. The van der Waals surface area contributed by atoms with Crippen LogP contribution in [0.1, 0.15) is 40.0 Å². The Hall–Kier alpha value is -1.30. The lowest BCUT2D eigenvalue weighted by molar-refractivity contribution is -0.123. The number of nitrogens with one attached hydrogen (secondary N) is 1. The summed E-state index contributed by atoms with van der Waals surface area (Å²) in [5, 5.41) is 14.3. The molecule has 0 spiro atoms. The number of carbonyl (C=O) groups is 1. The summed E-state index contributed by atoms with van der Waals surface area (Å²) in [6.07, 6.45) is 2.49. The van der Waals surface area contributed by atoms with Crippen molar-refractivity contribution >= 4 is 11.7 Å². The summed E-state index contributed by atoms with van der Waals surface area (Å²) < 4.78 is 0. The van der Waals surface area contributed by atoms with Gasteiger partial charge in [-0.1, -0.05) is 12.1 Å². The fourth-order valence-electron chi connectivity index (χ4n) is 1.68. The van der Waals surface area contributed by atoms with Crippen molar-refractivity contribution in [3.8, 4) is 0 Å². The van der Waals surface area contributed by atoms with Gasteiger partial charge in [-0.2, -0.15) is 0 Å². The van der Waals surface area contributed by atoms with E-state index in [0.717, 1.165) is 19.4 Å². The molecule has 0 aliphatic heterocycles. The van der Waals surface area contributed by atoms with E-state index in [1.165, 1.54) is 0 Å². The fourth-order valence-corrected chi connectivity index (χ4v) is 1.68. The summed E-state index contributed by atoms with van der Waals surface area (Å²) in [6.45, 7) is 7.79. The molecule has 0 saturated heterocycles. The quantitative estimate of drug-likeness (QED) is 0.192. The highest BCUT2D eigenvalue weighted by molar-refractivity contribution is 6.01. The molecule has 0 aromatic carbocycles. The number of rotatable bonds is 9. The normalized spacial score (nSPS) is 13.9. The second kappa shape index (κ2) is 9.61. The molecule has 0 rings (SSSR count). The largest absolute Gasteiger partial charge is 0.409 e. The molecule has 4 N–H and O–H groups in total. The van der Waals surface area contributed by atoms with E-state index in [9.17, 15) is 4.79 Å². The number of oxime groups is 1. The lowest BCUT2D eigenvalue weighted by atomic mass is 10.0. The first-order valence-electron chi connectivity index (χ1n) is 6.89. The molecule has 0 bridgehead atoms. The van der Waals surface area contributed by atoms with Crippen LogP contribution in [-0.4, -0.2) is 48.0 Å². The van der Waals surface area contributed by atoms with Crippen molar-refractivity contribution < 1.29 is 10.0 Å². The molecule has 1 atom stereocenters. The van der Waals surface area contributed by atoms with Crippen molar-refractivity contribution in [2.75, 3.05) is 20.1 Å². The first kappa shape index (κ1) is 17.7. The topological polar surface area (TPSA) is 91.0 Å². The smallest absolute Gasteiger partial charge is 0.230 e. The van der Waals surface area contributed by atoms with Crippen LogP contribution in [0.5, 0.6) is 0 Å². The first-order chi connectivity index (χ1) is 8.93. The van der Waals surface area contributed by atoms with Crippen LogP contribution in [0.3, 0.4) is 0 Å². The molecule has 112 valence electrons. The number of hydrogen-bond acceptors (Lipinski definition) is 4. The molecule has 0 radical (unpaired) electrons. The molecule has 0 aromatic rings.